The lowest BCUT2D eigenvalue weighted by Crippen LogP contribution is -2.37. The summed E-state index contributed by atoms with van der Waals surface area (Å²) in [7, 11) is 0. The SMILES string of the molecule is CCOC(=O)Nc1ccc(NC(C)C(=O)NCc2ccc(C)cc2)cc1. The Morgan fingerprint density at radius 2 is 1.62 bits per heavy atom. The summed E-state index contributed by atoms with van der Waals surface area (Å²) >= 11 is 0. The smallest absolute Gasteiger partial charge is 0.411 e. The fourth-order valence-corrected chi connectivity index (χ4v) is 2.30. The first-order valence-electron chi connectivity index (χ1n) is 8.61. The molecule has 2 aromatic rings. The van der Waals surface area contributed by atoms with Gasteiger partial charge in [0.05, 0.1) is 6.61 Å². The van der Waals surface area contributed by atoms with Crippen LogP contribution in [0.1, 0.15) is 25.0 Å². The zero-order chi connectivity index (χ0) is 18.9. The third-order valence-corrected chi connectivity index (χ3v) is 3.77. The molecule has 0 aliphatic heterocycles. The second-order valence-corrected chi connectivity index (χ2v) is 5.99. The number of aryl methyl sites for hydroxylation is 1. The van der Waals surface area contributed by atoms with Gasteiger partial charge >= 0.3 is 6.09 Å². The van der Waals surface area contributed by atoms with Crippen LogP contribution in [0, 0.1) is 6.92 Å². The van der Waals surface area contributed by atoms with Crippen molar-refractivity contribution < 1.29 is 14.3 Å². The van der Waals surface area contributed by atoms with Crippen LogP contribution >= 0.6 is 0 Å². The van der Waals surface area contributed by atoms with Gasteiger partial charge in [0.1, 0.15) is 6.04 Å². The monoisotopic (exact) mass is 355 g/mol. The minimum Gasteiger partial charge on any atom is -0.450 e. The summed E-state index contributed by atoms with van der Waals surface area (Å²) in [5.74, 6) is -0.0840. The lowest BCUT2D eigenvalue weighted by atomic mass is 10.1. The number of ether oxygens (including phenoxy) is 1. The molecular formula is C20H25N3O3. The fourth-order valence-electron chi connectivity index (χ4n) is 2.30. The van der Waals surface area contributed by atoms with Crippen LogP contribution in [-0.2, 0) is 16.1 Å². The minimum absolute atomic E-state index is 0.0840. The van der Waals surface area contributed by atoms with Crippen molar-refractivity contribution in [2.24, 2.45) is 0 Å². The van der Waals surface area contributed by atoms with Crippen LogP contribution in [0.5, 0.6) is 0 Å². The maximum absolute atomic E-state index is 12.2. The van der Waals surface area contributed by atoms with Gasteiger partial charge in [-0.05, 0) is 50.6 Å². The zero-order valence-corrected chi connectivity index (χ0v) is 15.3. The molecule has 0 bridgehead atoms. The molecule has 0 spiro atoms. The molecule has 0 saturated heterocycles. The van der Waals surface area contributed by atoms with Crippen LogP contribution in [0.3, 0.4) is 0 Å². The summed E-state index contributed by atoms with van der Waals surface area (Å²) in [5.41, 5.74) is 3.67. The standard InChI is InChI=1S/C20H25N3O3/c1-4-26-20(25)23-18-11-9-17(10-12-18)22-15(3)19(24)21-13-16-7-5-14(2)6-8-16/h5-12,15,22H,4,13H2,1-3H3,(H,21,24)(H,23,25). The van der Waals surface area contributed by atoms with Crippen LogP contribution < -0.4 is 16.0 Å². The Kier molecular flexibility index (Phi) is 7.02. The van der Waals surface area contributed by atoms with E-state index in [9.17, 15) is 9.59 Å². The van der Waals surface area contributed by atoms with Gasteiger partial charge in [-0.1, -0.05) is 29.8 Å². The zero-order valence-electron chi connectivity index (χ0n) is 15.3. The number of amides is 2. The molecule has 26 heavy (non-hydrogen) atoms. The summed E-state index contributed by atoms with van der Waals surface area (Å²) in [4.78, 5) is 23.6. The first kappa shape index (κ1) is 19.3. The molecule has 138 valence electrons. The Morgan fingerprint density at radius 1 is 1.00 bits per heavy atom. The summed E-state index contributed by atoms with van der Waals surface area (Å²) in [6.45, 7) is 6.39. The fraction of sp³-hybridized carbons (Fsp3) is 0.300. The van der Waals surface area contributed by atoms with E-state index in [4.69, 9.17) is 4.74 Å². The Bertz CT molecular complexity index is 727. The van der Waals surface area contributed by atoms with Crippen molar-refractivity contribution in [3.63, 3.8) is 0 Å². The van der Waals surface area contributed by atoms with E-state index in [1.54, 1.807) is 38.1 Å². The highest BCUT2D eigenvalue weighted by Gasteiger charge is 2.12. The van der Waals surface area contributed by atoms with Crippen molar-refractivity contribution in [3.8, 4) is 0 Å². The lowest BCUT2D eigenvalue weighted by molar-refractivity contribution is -0.121. The highest BCUT2D eigenvalue weighted by Crippen LogP contribution is 2.15. The van der Waals surface area contributed by atoms with Gasteiger partial charge < -0.3 is 15.4 Å². The van der Waals surface area contributed by atoms with Crippen LogP contribution in [-0.4, -0.2) is 24.6 Å². The van der Waals surface area contributed by atoms with E-state index in [2.05, 4.69) is 16.0 Å². The number of anilines is 2. The molecule has 0 saturated carbocycles. The predicted molar refractivity (Wildman–Crippen MR) is 103 cm³/mol. The molecule has 0 fully saturated rings. The third kappa shape index (κ3) is 6.12. The molecule has 6 heteroatoms. The number of benzene rings is 2. The van der Waals surface area contributed by atoms with Crippen LogP contribution in [0.4, 0.5) is 16.2 Å². The maximum Gasteiger partial charge on any atom is 0.411 e. The maximum atomic E-state index is 12.2. The number of nitrogens with one attached hydrogen (secondary N) is 3. The summed E-state index contributed by atoms with van der Waals surface area (Å²) in [5, 5.41) is 8.67. The largest absolute Gasteiger partial charge is 0.450 e. The van der Waals surface area contributed by atoms with E-state index < -0.39 is 6.09 Å². The molecule has 2 rings (SSSR count). The summed E-state index contributed by atoms with van der Waals surface area (Å²) < 4.78 is 4.82. The topological polar surface area (TPSA) is 79.5 Å². The van der Waals surface area contributed by atoms with Crippen LogP contribution in [0.25, 0.3) is 0 Å². The molecular weight excluding hydrogens is 330 g/mol. The van der Waals surface area contributed by atoms with E-state index in [1.165, 1.54) is 5.56 Å². The molecule has 2 aromatic carbocycles. The van der Waals surface area contributed by atoms with Gasteiger partial charge in [0.2, 0.25) is 5.91 Å². The van der Waals surface area contributed by atoms with E-state index in [0.717, 1.165) is 11.3 Å². The van der Waals surface area contributed by atoms with Gasteiger partial charge in [-0.25, -0.2) is 4.79 Å². The van der Waals surface area contributed by atoms with Crippen molar-refractivity contribution >= 4 is 23.4 Å². The number of carbonyl (C=O) groups is 2. The van der Waals surface area contributed by atoms with E-state index >= 15 is 0 Å². The molecule has 6 nitrogen and oxygen atoms in total. The van der Waals surface area contributed by atoms with E-state index in [1.807, 2.05) is 31.2 Å². The molecule has 2 amide bonds. The number of hydrogen-bond donors (Lipinski definition) is 3. The molecule has 1 atom stereocenters. The molecule has 1 unspecified atom stereocenters. The van der Waals surface area contributed by atoms with Gasteiger partial charge in [-0.2, -0.15) is 0 Å². The van der Waals surface area contributed by atoms with Crippen molar-refractivity contribution in [1.82, 2.24) is 5.32 Å². The lowest BCUT2D eigenvalue weighted by Gasteiger charge is -2.16. The molecule has 0 aliphatic carbocycles. The molecule has 0 heterocycles. The molecule has 0 aromatic heterocycles. The third-order valence-electron chi connectivity index (χ3n) is 3.77. The van der Waals surface area contributed by atoms with E-state index in [-0.39, 0.29) is 11.9 Å². The summed E-state index contributed by atoms with van der Waals surface area (Å²) in [6.07, 6.45) is -0.489. The highest BCUT2D eigenvalue weighted by molar-refractivity contribution is 5.86. The Balaban J connectivity index is 1.82. The van der Waals surface area contributed by atoms with E-state index in [0.29, 0.717) is 18.8 Å². The van der Waals surface area contributed by atoms with Gasteiger partial charge in [-0.15, -0.1) is 0 Å². The number of rotatable bonds is 7. The van der Waals surface area contributed by atoms with Gasteiger partial charge in [0.25, 0.3) is 0 Å². The van der Waals surface area contributed by atoms with Crippen molar-refractivity contribution in [3.05, 3.63) is 59.7 Å². The quantitative estimate of drug-likeness (QED) is 0.708. The van der Waals surface area contributed by atoms with Crippen LogP contribution in [0.2, 0.25) is 0 Å². The van der Waals surface area contributed by atoms with Crippen molar-refractivity contribution in [2.75, 3.05) is 17.2 Å². The minimum atomic E-state index is -0.489. The summed E-state index contributed by atoms with van der Waals surface area (Å²) in [6, 6.07) is 14.8. The first-order valence-corrected chi connectivity index (χ1v) is 8.61. The number of hydrogen-bond acceptors (Lipinski definition) is 4. The van der Waals surface area contributed by atoms with Gasteiger partial charge in [-0.3, -0.25) is 10.1 Å². The average Bonchev–Trinajstić information content (AvgIpc) is 2.62. The average molecular weight is 355 g/mol. The Morgan fingerprint density at radius 3 is 2.23 bits per heavy atom. The number of carbonyl (C=O) groups excluding carboxylic acids is 2. The van der Waals surface area contributed by atoms with Crippen LogP contribution in [0.15, 0.2) is 48.5 Å². The second kappa shape index (κ2) is 9.46. The first-order chi connectivity index (χ1) is 12.5. The molecule has 0 aliphatic rings. The normalized spacial score (nSPS) is 11.3. The van der Waals surface area contributed by atoms with Gasteiger partial charge in [0.15, 0.2) is 0 Å². The van der Waals surface area contributed by atoms with Crippen molar-refractivity contribution in [2.45, 2.75) is 33.4 Å². The van der Waals surface area contributed by atoms with Gasteiger partial charge in [0, 0.05) is 17.9 Å². The highest BCUT2D eigenvalue weighted by atomic mass is 16.5. The Labute approximate surface area is 153 Å². The predicted octanol–water partition coefficient (Wildman–Crippen LogP) is 3.68. The Hall–Kier alpha value is -3.02. The molecule has 3 N–H and O–H groups in total. The molecule has 0 radical (unpaired) electrons. The second-order valence-electron chi connectivity index (χ2n) is 5.99. The van der Waals surface area contributed by atoms with Crippen molar-refractivity contribution in [1.29, 1.82) is 0 Å².